The van der Waals surface area contributed by atoms with Crippen LogP contribution in [0.3, 0.4) is 0 Å². The van der Waals surface area contributed by atoms with Gasteiger partial charge in [-0.05, 0) is 12.5 Å². The average molecular weight is 241 g/mol. The van der Waals surface area contributed by atoms with Gasteiger partial charge >= 0.3 is 5.97 Å². The zero-order chi connectivity index (χ0) is 12.8. The van der Waals surface area contributed by atoms with E-state index in [4.69, 9.17) is 16.6 Å². The first-order valence-corrected chi connectivity index (χ1v) is 5.38. The van der Waals surface area contributed by atoms with E-state index in [9.17, 15) is 9.59 Å². The van der Waals surface area contributed by atoms with Crippen molar-refractivity contribution in [3.63, 3.8) is 0 Å². The fourth-order valence-corrected chi connectivity index (χ4v) is 1.47. The first kappa shape index (κ1) is 13.3. The van der Waals surface area contributed by atoms with Crippen molar-refractivity contribution in [3.8, 4) is 0 Å². The second-order valence-electron chi connectivity index (χ2n) is 3.89. The molecule has 6 N–H and O–H groups in total. The summed E-state index contributed by atoms with van der Waals surface area (Å²) in [5, 5.41) is 13.6. The molecule has 2 unspecified atom stereocenters. The Morgan fingerprint density at radius 2 is 2.29 bits per heavy atom. The number of primary amides is 1. The topological polar surface area (TPSA) is 123 Å². The molecule has 1 heterocycles. The summed E-state index contributed by atoms with van der Waals surface area (Å²) >= 11 is 0. The van der Waals surface area contributed by atoms with Gasteiger partial charge in [0.1, 0.15) is 19.1 Å². The molecule has 94 valence electrons. The molecule has 0 radical (unpaired) electrons. The molecule has 17 heavy (non-hydrogen) atoms. The van der Waals surface area contributed by atoms with Crippen molar-refractivity contribution in [1.29, 1.82) is 0 Å². The molecule has 0 aromatic heterocycles. The smallest absolute Gasteiger partial charge is 0.320 e. The van der Waals surface area contributed by atoms with Crippen molar-refractivity contribution in [2.75, 3.05) is 13.1 Å². The fourth-order valence-electron chi connectivity index (χ4n) is 1.47. The van der Waals surface area contributed by atoms with Gasteiger partial charge in [-0.2, -0.15) is 0 Å². The molecule has 1 amide bonds. The third-order valence-corrected chi connectivity index (χ3v) is 2.53. The molecule has 1 aliphatic rings. The van der Waals surface area contributed by atoms with Crippen LogP contribution >= 0.6 is 0 Å². The van der Waals surface area contributed by atoms with Crippen molar-refractivity contribution in [2.45, 2.75) is 18.9 Å². The summed E-state index contributed by atoms with van der Waals surface area (Å²) in [6.45, 7) is 1.26. The number of carbonyl (C=O) groups excluding carboxylic acids is 1. The minimum atomic E-state index is -0.988. The molecule has 1 rings (SSSR count). The third-order valence-electron chi connectivity index (χ3n) is 2.53. The van der Waals surface area contributed by atoms with Crippen molar-refractivity contribution in [1.82, 2.24) is 0 Å². The molecular weight excluding hydrogens is 224 g/mol. The third kappa shape index (κ3) is 4.33. The van der Waals surface area contributed by atoms with Gasteiger partial charge in [0.25, 0.3) is 0 Å². The summed E-state index contributed by atoms with van der Waals surface area (Å²) in [5.74, 6) is -1.47. The fraction of sp³-hybridized carbons (Fsp3) is 0.500. The molecule has 0 saturated carbocycles. The van der Waals surface area contributed by atoms with E-state index < -0.39 is 17.9 Å². The quantitative estimate of drug-likeness (QED) is 0.409. The van der Waals surface area contributed by atoms with Gasteiger partial charge in [0, 0.05) is 6.42 Å². The SMILES string of the molecule is NC(=O)C1=CC[NH+](CCCC(N)C(=O)O)N=C1. The highest BCUT2D eigenvalue weighted by atomic mass is 16.4. The number of hydrogen-bond donors (Lipinski definition) is 4. The minimum Gasteiger partial charge on any atom is -0.480 e. The Morgan fingerprint density at radius 1 is 1.59 bits per heavy atom. The summed E-state index contributed by atoms with van der Waals surface area (Å²) in [4.78, 5) is 21.3. The van der Waals surface area contributed by atoms with E-state index in [1.54, 1.807) is 6.08 Å². The van der Waals surface area contributed by atoms with Crippen LogP contribution in [-0.4, -0.2) is 42.3 Å². The van der Waals surface area contributed by atoms with E-state index in [1.807, 2.05) is 0 Å². The van der Waals surface area contributed by atoms with Crippen molar-refractivity contribution in [3.05, 3.63) is 11.6 Å². The van der Waals surface area contributed by atoms with Crippen LogP contribution in [0.25, 0.3) is 0 Å². The van der Waals surface area contributed by atoms with Crippen LogP contribution in [-0.2, 0) is 9.59 Å². The van der Waals surface area contributed by atoms with Crippen molar-refractivity contribution < 1.29 is 19.7 Å². The maximum absolute atomic E-state index is 10.8. The van der Waals surface area contributed by atoms with Gasteiger partial charge in [-0.3, -0.25) is 9.59 Å². The number of aliphatic carboxylic acids is 1. The number of carboxylic acids is 1. The zero-order valence-corrected chi connectivity index (χ0v) is 9.43. The van der Waals surface area contributed by atoms with E-state index in [1.165, 1.54) is 6.21 Å². The Morgan fingerprint density at radius 3 is 2.76 bits per heavy atom. The van der Waals surface area contributed by atoms with Crippen LogP contribution in [0.15, 0.2) is 16.8 Å². The zero-order valence-electron chi connectivity index (χ0n) is 9.43. The van der Waals surface area contributed by atoms with Gasteiger partial charge in [-0.1, -0.05) is 5.10 Å². The van der Waals surface area contributed by atoms with Crippen LogP contribution in [0.4, 0.5) is 0 Å². The molecule has 0 aromatic carbocycles. The Labute approximate surface area is 98.8 Å². The molecule has 0 aliphatic carbocycles. The summed E-state index contributed by atoms with van der Waals surface area (Å²) in [5.41, 5.74) is 10.9. The molecule has 7 nitrogen and oxygen atoms in total. The number of nitrogens with zero attached hydrogens (tertiary/aromatic N) is 1. The maximum atomic E-state index is 10.8. The van der Waals surface area contributed by atoms with E-state index in [0.29, 0.717) is 31.5 Å². The molecular formula is C10H17N4O3+. The number of nitrogens with one attached hydrogen (secondary N) is 1. The lowest BCUT2D eigenvalue weighted by Gasteiger charge is -2.14. The summed E-state index contributed by atoms with van der Waals surface area (Å²) in [7, 11) is 0. The Hall–Kier alpha value is -1.73. The van der Waals surface area contributed by atoms with Gasteiger partial charge in [0.15, 0.2) is 0 Å². The lowest BCUT2D eigenvalue weighted by molar-refractivity contribution is -0.901. The number of rotatable bonds is 6. The van der Waals surface area contributed by atoms with Crippen LogP contribution in [0.2, 0.25) is 0 Å². The number of quaternary nitrogens is 1. The predicted molar refractivity (Wildman–Crippen MR) is 61.3 cm³/mol. The molecule has 0 bridgehead atoms. The van der Waals surface area contributed by atoms with Crippen molar-refractivity contribution >= 4 is 18.1 Å². The van der Waals surface area contributed by atoms with Crippen LogP contribution < -0.4 is 16.5 Å². The highest BCUT2D eigenvalue weighted by Gasteiger charge is 2.16. The second-order valence-corrected chi connectivity index (χ2v) is 3.89. The molecule has 0 aromatic rings. The minimum absolute atomic E-state index is 0.413. The van der Waals surface area contributed by atoms with E-state index >= 15 is 0 Å². The summed E-state index contributed by atoms with van der Waals surface area (Å²) in [6.07, 6.45) is 4.25. The average Bonchev–Trinajstić information content (AvgIpc) is 2.29. The monoisotopic (exact) mass is 241 g/mol. The second kappa shape index (κ2) is 6.12. The molecule has 1 aliphatic heterocycles. The van der Waals surface area contributed by atoms with Gasteiger partial charge in [-0.15, -0.1) is 0 Å². The number of hydrogen-bond acceptors (Lipinski definition) is 4. The molecule has 7 heteroatoms. The number of nitrogens with two attached hydrogens (primary N) is 2. The van der Waals surface area contributed by atoms with Gasteiger partial charge in [0.2, 0.25) is 5.91 Å². The van der Waals surface area contributed by atoms with E-state index in [0.717, 1.165) is 5.01 Å². The Kier molecular flexibility index (Phi) is 4.80. The molecule has 0 spiro atoms. The van der Waals surface area contributed by atoms with Crippen LogP contribution in [0.1, 0.15) is 12.8 Å². The van der Waals surface area contributed by atoms with Gasteiger partial charge < -0.3 is 16.6 Å². The largest absolute Gasteiger partial charge is 0.480 e. The van der Waals surface area contributed by atoms with Crippen LogP contribution in [0.5, 0.6) is 0 Å². The summed E-state index contributed by atoms with van der Waals surface area (Å²) < 4.78 is 0. The summed E-state index contributed by atoms with van der Waals surface area (Å²) in [6, 6.07) is -0.820. The van der Waals surface area contributed by atoms with E-state index in [-0.39, 0.29) is 0 Å². The molecule has 0 fully saturated rings. The number of carboxylic acid groups (broad SMARTS) is 1. The van der Waals surface area contributed by atoms with Gasteiger partial charge in [-0.25, -0.2) is 5.01 Å². The lowest BCUT2D eigenvalue weighted by atomic mass is 10.1. The molecule has 0 saturated heterocycles. The number of amides is 1. The number of carbonyl (C=O) groups is 2. The lowest BCUT2D eigenvalue weighted by Crippen LogP contribution is -3.07. The first-order valence-electron chi connectivity index (χ1n) is 5.38. The predicted octanol–water partition coefficient (Wildman–Crippen LogP) is -2.53. The van der Waals surface area contributed by atoms with Crippen molar-refractivity contribution in [2.24, 2.45) is 16.6 Å². The first-order chi connectivity index (χ1) is 8.00. The molecule has 2 atom stereocenters. The highest BCUT2D eigenvalue weighted by molar-refractivity contribution is 6.11. The van der Waals surface area contributed by atoms with Crippen LogP contribution in [0, 0.1) is 0 Å². The Balaban J connectivity index is 2.26. The van der Waals surface area contributed by atoms with E-state index in [2.05, 4.69) is 5.10 Å². The highest BCUT2D eigenvalue weighted by Crippen LogP contribution is 1.93. The Bertz CT molecular complexity index is 365. The maximum Gasteiger partial charge on any atom is 0.320 e. The normalized spacial score (nSPS) is 20.8. The van der Waals surface area contributed by atoms with Gasteiger partial charge in [0.05, 0.1) is 11.8 Å². The standard InChI is InChI=1S/C10H16N4O3/c11-8(10(16)17)2-1-4-14-5-3-7(6-13-14)9(12)15/h3,6,8H,1-2,4-5,11H2,(H2,12,15)(H,16,17)/p+1.